The molecule has 1 aromatic carbocycles. The van der Waals surface area contributed by atoms with Gasteiger partial charge < -0.3 is 18.8 Å². The Morgan fingerprint density at radius 1 is 1.08 bits per heavy atom. The van der Waals surface area contributed by atoms with Gasteiger partial charge in [-0.1, -0.05) is 12.8 Å². The summed E-state index contributed by atoms with van der Waals surface area (Å²) < 4.78 is 24.9. The van der Waals surface area contributed by atoms with Crippen LogP contribution >= 0.6 is 0 Å². The van der Waals surface area contributed by atoms with E-state index in [0.29, 0.717) is 40.1 Å². The number of aryl methyl sites for hydroxylation is 1. The van der Waals surface area contributed by atoms with E-state index >= 15 is 4.39 Å². The number of amides is 1. The van der Waals surface area contributed by atoms with E-state index in [1.165, 1.54) is 38.2 Å². The summed E-state index contributed by atoms with van der Waals surface area (Å²) >= 11 is 0. The summed E-state index contributed by atoms with van der Waals surface area (Å²) in [6.45, 7) is 2.38. The van der Waals surface area contributed by atoms with Gasteiger partial charge >= 0.3 is 0 Å². The topological polar surface area (TPSA) is 65.2 Å². The standard InChI is InChI=1S/C29H32FN5O2/c1-33-26-22(30)12-21(29(36)34-11-10-18-4-3-5-20(18)16-34)13-23(26)31-28(33)24-14-19-8-9-25(37-2)32-27(19)35(24)15-17-6-7-17/h8-9,12-14,17-18,20H,3-7,10-11,15-16H2,1-2H3/t18-,20+/m1/s1. The maximum Gasteiger partial charge on any atom is 0.254 e. The number of imidazole rings is 1. The molecule has 3 aromatic heterocycles. The van der Waals surface area contributed by atoms with Gasteiger partial charge in [0.05, 0.1) is 18.3 Å². The Balaban J connectivity index is 1.29. The Labute approximate surface area is 215 Å². The maximum atomic E-state index is 15.5. The number of carbonyl (C=O) groups excluding carboxylic acids is 1. The van der Waals surface area contributed by atoms with Crippen LogP contribution in [0.25, 0.3) is 33.6 Å². The first-order chi connectivity index (χ1) is 18.0. The predicted octanol–water partition coefficient (Wildman–Crippen LogP) is 5.41. The van der Waals surface area contributed by atoms with Crippen LogP contribution in [0.5, 0.6) is 5.88 Å². The lowest BCUT2D eigenvalue weighted by atomic mass is 9.88. The minimum atomic E-state index is -0.414. The van der Waals surface area contributed by atoms with Gasteiger partial charge in [0, 0.05) is 43.7 Å². The number of rotatable bonds is 5. The highest BCUT2D eigenvalue weighted by atomic mass is 19.1. The number of likely N-dealkylation sites (tertiary alicyclic amines) is 1. The number of benzene rings is 1. The summed E-state index contributed by atoms with van der Waals surface area (Å²) in [5.74, 6) is 2.69. The summed E-state index contributed by atoms with van der Waals surface area (Å²) in [5.41, 5.74) is 3.05. The molecular weight excluding hydrogens is 469 g/mol. The Hall–Kier alpha value is -3.42. The van der Waals surface area contributed by atoms with Crippen molar-refractivity contribution in [2.75, 3.05) is 20.2 Å². The number of halogens is 1. The third-order valence-electron chi connectivity index (χ3n) is 8.79. The van der Waals surface area contributed by atoms with Crippen LogP contribution in [0, 0.1) is 23.6 Å². The largest absolute Gasteiger partial charge is 0.481 e. The fraction of sp³-hybridized carbons (Fsp3) is 0.483. The molecule has 3 aliphatic rings. The fourth-order valence-corrected chi connectivity index (χ4v) is 6.60. The van der Waals surface area contributed by atoms with E-state index in [-0.39, 0.29) is 5.91 Å². The molecular formula is C29H32FN5O2. The van der Waals surface area contributed by atoms with Crippen LogP contribution < -0.4 is 4.74 Å². The smallest absolute Gasteiger partial charge is 0.254 e. The number of hydrogen-bond donors (Lipinski definition) is 0. The fourth-order valence-electron chi connectivity index (χ4n) is 6.60. The third-order valence-corrected chi connectivity index (χ3v) is 8.79. The summed E-state index contributed by atoms with van der Waals surface area (Å²) in [6.07, 6.45) is 7.19. The second-order valence-corrected chi connectivity index (χ2v) is 11.2. The average molecular weight is 502 g/mol. The highest BCUT2D eigenvalue weighted by Crippen LogP contribution is 2.39. The lowest BCUT2D eigenvalue weighted by Gasteiger charge is -2.35. The number of piperidine rings is 1. The highest BCUT2D eigenvalue weighted by Gasteiger charge is 2.35. The van der Waals surface area contributed by atoms with Crippen LogP contribution in [0.4, 0.5) is 4.39 Å². The zero-order valence-corrected chi connectivity index (χ0v) is 21.4. The van der Waals surface area contributed by atoms with Crippen molar-refractivity contribution in [3.63, 3.8) is 0 Å². The monoisotopic (exact) mass is 501 g/mol. The Morgan fingerprint density at radius 3 is 2.73 bits per heavy atom. The quantitative estimate of drug-likeness (QED) is 0.367. The zero-order valence-electron chi connectivity index (χ0n) is 21.4. The molecule has 4 heterocycles. The van der Waals surface area contributed by atoms with Gasteiger partial charge in [-0.2, -0.15) is 4.98 Å². The van der Waals surface area contributed by atoms with Crippen molar-refractivity contribution in [2.45, 2.75) is 45.1 Å². The molecule has 0 spiro atoms. The molecule has 7 rings (SSSR count). The normalized spacial score (nSPS) is 21.6. The van der Waals surface area contributed by atoms with Crippen LogP contribution in [-0.2, 0) is 13.6 Å². The van der Waals surface area contributed by atoms with E-state index in [2.05, 4.69) is 10.6 Å². The summed E-state index contributed by atoms with van der Waals surface area (Å²) in [4.78, 5) is 24.9. The van der Waals surface area contributed by atoms with Crippen molar-refractivity contribution >= 4 is 28.0 Å². The molecule has 1 aliphatic heterocycles. The van der Waals surface area contributed by atoms with Gasteiger partial charge in [0.25, 0.3) is 5.91 Å². The number of pyridine rings is 1. The number of aromatic nitrogens is 4. The van der Waals surface area contributed by atoms with Gasteiger partial charge in [0.2, 0.25) is 5.88 Å². The van der Waals surface area contributed by atoms with Crippen molar-refractivity contribution in [3.8, 4) is 17.4 Å². The minimum Gasteiger partial charge on any atom is -0.481 e. The van der Waals surface area contributed by atoms with E-state index < -0.39 is 5.82 Å². The van der Waals surface area contributed by atoms with Gasteiger partial charge in [-0.15, -0.1) is 0 Å². The molecule has 192 valence electrons. The molecule has 0 radical (unpaired) electrons. The molecule has 3 fully saturated rings. The van der Waals surface area contributed by atoms with Crippen molar-refractivity contribution in [3.05, 3.63) is 41.7 Å². The van der Waals surface area contributed by atoms with E-state index in [4.69, 9.17) is 14.7 Å². The second kappa shape index (κ2) is 8.57. The second-order valence-electron chi connectivity index (χ2n) is 11.2. The Kier molecular flexibility index (Phi) is 5.27. The third kappa shape index (κ3) is 3.80. The van der Waals surface area contributed by atoms with Crippen molar-refractivity contribution in [2.24, 2.45) is 24.8 Å². The molecule has 0 bridgehead atoms. The molecule has 2 saturated carbocycles. The SMILES string of the molecule is COc1ccc2cc(-c3nc4cc(C(=O)N5CC[C@H]6CCC[C@H]6C5)cc(F)c4n3C)n(CC3CC3)c2n1. The first kappa shape index (κ1) is 22.8. The molecule has 8 heteroatoms. The number of carbonyl (C=O) groups is 1. The first-order valence-electron chi connectivity index (χ1n) is 13.5. The number of nitrogens with zero attached hydrogens (tertiary/aromatic N) is 5. The molecule has 0 N–H and O–H groups in total. The Morgan fingerprint density at radius 2 is 1.92 bits per heavy atom. The molecule has 0 unspecified atom stereocenters. The Bertz CT molecular complexity index is 1530. The predicted molar refractivity (Wildman–Crippen MR) is 140 cm³/mol. The summed E-state index contributed by atoms with van der Waals surface area (Å²) in [7, 11) is 3.46. The van der Waals surface area contributed by atoms with Crippen molar-refractivity contribution < 1.29 is 13.9 Å². The number of methoxy groups -OCH3 is 1. The van der Waals surface area contributed by atoms with Gasteiger partial charge in [-0.05, 0) is 67.7 Å². The summed E-state index contributed by atoms with van der Waals surface area (Å²) in [6, 6.07) is 9.08. The number of fused-ring (bicyclic) bond motifs is 3. The lowest BCUT2D eigenvalue weighted by Crippen LogP contribution is -2.42. The molecule has 4 aromatic rings. The van der Waals surface area contributed by atoms with E-state index in [1.807, 2.05) is 24.1 Å². The molecule has 1 saturated heterocycles. The zero-order chi connectivity index (χ0) is 25.3. The molecule has 2 atom stereocenters. The summed E-state index contributed by atoms with van der Waals surface area (Å²) in [5, 5.41) is 0.996. The van der Waals surface area contributed by atoms with E-state index in [1.54, 1.807) is 17.7 Å². The minimum absolute atomic E-state index is 0.0857. The lowest BCUT2D eigenvalue weighted by molar-refractivity contribution is 0.0627. The molecule has 37 heavy (non-hydrogen) atoms. The maximum absolute atomic E-state index is 15.5. The number of hydrogen-bond acceptors (Lipinski definition) is 4. The van der Waals surface area contributed by atoms with Gasteiger partial charge in [0.15, 0.2) is 5.82 Å². The molecule has 2 aliphatic carbocycles. The molecule has 1 amide bonds. The van der Waals surface area contributed by atoms with E-state index in [9.17, 15) is 4.79 Å². The van der Waals surface area contributed by atoms with E-state index in [0.717, 1.165) is 48.7 Å². The van der Waals surface area contributed by atoms with Crippen LogP contribution in [0.1, 0.15) is 48.9 Å². The van der Waals surface area contributed by atoms with Crippen LogP contribution in [0.15, 0.2) is 30.3 Å². The van der Waals surface area contributed by atoms with Gasteiger partial charge in [-0.25, -0.2) is 9.37 Å². The number of ether oxygens (including phenoxy) is 1. The average Bonchev–Trinajstić information content (AvgIpc) is 3.33. The van der Waals surface area contributed by atoms with Gasteiger partial charge in [0.1, 0.15) is 17.0 Å². The highest BCUT2D eigenvalue weighted by molar-refractivity contribution is 5.98. The van der Waals surface area contributed by atoms with Crippen LogP contribution in [0.2, 0.25) is 0 Å². The molecule has 7 nitrogen and oxygen atoms in total. The first-order valence-corrected chi connectivity index (χ1v) is 13.5. The van der Waals surface area contributed by atoms with Gasteiger partial charge in [-0.3, -0.25) is 4.79 Å². The van der Waals surface area contributed by atoms with Crippen molar-refractivity contribution in [1.29, 1.82) is 0 Å². The van der Waals surface area contributed by atoms with Crippen LogP contribution in [0.3, 0.4) is 0 Å². The van der Waals surface area contributed by atoms with Crippen molar-refractivity contribution in [1.82, 2.24) is 24.0 Å². The van der Waals surface area contributed by atoms with Crippen LogP contribution in [-0.4, -0.2) is 50.1 Å².